The molecule has 0 aromatic carbocycles. The molecule has 1 amide bonds. The molecule has 3 rings (SSSR count). The van der Waals surface area contributed by atoms with Crippen LogP contribution in [0, 0.1) is 0 Å². The van der Waals surface area contributed by atoms with E-state index in [0.29, 0.717) is 17.1 Å². The summed E-state index contributed by atoms with van der Waals surface area (Å²) >= 11 is 1.38. The van der Waals surface area contributed by atoms with Gasteiger partial charge in [-0.3, -0.25) is 9.78 Å². The molecule has 0 spiro atoms. The van der Waals surface area contributed by atoms with Gasteiger partial charge in [0.15, 0.2) is 0 Å². The Morgan fingerprint density at radius 3 is 3.00 bits per heavy atom. The first kappa shape index (κ1) is 13.3. The number of thiophene rings is 1. The lowest BCUT2D eigenvalue weighted by Crippen LogP contribution is -2.49. The number of pyridine rings is 1. The average molecular weight is 291 g/mol. The molecule has 1 saturated carbocycles. The van der Waals surface area contributed by atoms with Crippen molar-refractivity contribution in [2.24, 2.45) is 0 Å². The number of hydrogen-bond acceptors (Lipinski definition) is 5. The molecular formula is C14H17N3O2S. The van der Waals surface area contributed by atoms with Crippen LogP contribution in [-0.4, -0.2) is 30.1 Å². The second-order valence-corrected chi connectivity index (χ2v) is 6.19. The predicted octanol–water partition coefficient (Wildman–Crippen LogP) is 2.18. The van der Waals surface area contributed by atoms with Gasteiger partial charge in [-0.2, -0.15) is 0 Å². The number of amides is 1. The number of nitrogens with zero attached hydrogens (tertiary/aromatic N) is 1. The summed E-state index contributed by atoms with van der Waals surface area (Å²) < 4.78 is 6.43. The molecule has 1 aliphatic rings. The summed E-state index contributed by atoms with van der Waals surface area (Å²) in [4.78, 5) is 16.9. The summed E-state index contributed by atoms with van der Waals surface area (Å²) in [6.07, 6.45) is 6.56. The van der Waals surface area contributed by atoms with E-state index in [-0.39, 0.29) is 11.5 Å². The summed E-state index contributed by atoms with van der Waals surface area (Å²) in [7, 11) is 1.70. The average Bonchev–Trinajstić information content (AvgIpc) is 2.76. The number of nitrogens with one attached hydrogen (secondary N) is 1. The normalized spacial score (nSPS) is 16.9. The summed E-state index contributed by atoms with van der Waals surface area (Å²) in [6.45, 7) is 0.536. The van der Waals surface area contributed by atoms with E-state index < -0.39 is 0 Å². The van der Waals surface area contributed by atoms with Crippen LogP contribution in [0.25, 0.3) is 10.1 Å². The van der Waals surface area contributed by atoms with Gasteiger partial charge in [0.05, 0.1) is 16.0 Å². The van der Waals surface area contributed by atoms with Crippen LogP contribution < -0.4 is 11.1 Å². The highest BCUT2D eigenvalue weighted by molar-refractivity contribution is 7.21. The molecule has 0 radical (unpaired) electrons. The fraction of sp³-hybridized carbons (Fsp3) is 0.429. The van der Waals surface area contributed by atoms with Gasteiger partial charge in [-0.15, -0.1) is 11.3 Å². The highest BCUT2D eigenvalue weighted by Crippen LogP contribution is 2.35. The monoisotopic (exact) mass is 291 g/mol. The first-order chi connectivity index (χ1) is 9.65. The number of carbonyl (C=O) groups excluding carboxylic acids is 1. The number of fused-ring (bicyclic) bond motifs is 1. The van der Waals surface area contributed by atoms with Crippen LogP contribution >= 0.6 is 11.3 Å². The molecule has 5 nitrogen and oxygen atoms in total. The number of methoxy groups -OCH3 is 1. The highest BCUT2D eigenvalue weighted by Gasteiger charge is 2.37. The van der Waals surface area contributed by atoms with Crippen molar-refractivity contribution in [3.63, 3.8) is 0 Å². The molecule has 106 valence electrons. The van der Waals surface area contributed by atoms with Crippen molar-refractivity contribution in [1.82, 2.24) is 10.3 Å². The maximum absolute atomic E-state index is 12.3. The minimum atomic E-state index is -0.178. The minimum Gasteiger partial charge on any atom is -0.397 e. The van der Waals surface area contributed by atoms with Gasteiger partial charge in [-0.25, -0.2) is 0 Å². The summed E-state index contributed by atoms with van der Waals surface area (Å²) in [5.41, 5.74) is 6.40. The molecule has 0 atom stereocenters. The van der Waals surface area contributed by atoms with E-state index in [1.165, 1.54) is 11.3 Å². The van der Waals surface area contributed by atoms with Crippen LogP contribution in [-0.2, 0) is 4.74 Å². The van der Waals surface area contributed by atoms with Crippen LogP contribution in [0.15, 0.2) is 18.5 Å². The van der Waals surface area contributed by atoms with Crippen molar-refractivity contribution in [2.45, 2.75) is 24.9 Å². The van der Waals surface area contributed by atoms with Crippen molar-refractivity contribution in [3.05, 3.63) is 23.3 Å². The molecule has 3 N–H and O–H groups in total. The topological polar surface area (TPSA) is 77.2 Å². The van der Waals surface area contributed by atoms with E-state index in [4.69, 9.17) is 10.5 Å². The van der Waals surface area contributed by atoms with E-state index >= 15 is 0 Å². The smallest absolute Gasteiger partial charge is 0.263 e. The van der Waals surface area contributed by atoms with Gasteiger partial charge in [-0.05, 0) is 25.3 Å². The van der Waals surface area contributed by atoms with E-state index in [2.05, 4.69) is 10.3 Å². The molecule has 2 heterocycles. The molecule has 0 saturated heterocycles. The Morgan fingerprint density at radius 1 is 1.60 bits per heavy atom. The number of ether oxygens (including phenoxy) is 1. The molecule has 1 aliphatic carbocycles. The molecule has 20 heavy (non-hydrogen) atoms. The quantitative estimate of drug-likeness (QED) is 0.905. The maximum Gasteiger partial charge on any atom is 0.263 e. The number of rotatable bonds is 4. The number of aromatic nitrogens is 1. The number of nitrogens with two attached hydrogens (primary N) is 1. The minimum absolute atomic E-state index is 0.132. The number of carbonyl (C=O) groups is 1. The molecular weight excluding hydrogens is 274 g/mol. The van der Waals surface area contributed by atoms with Crippen molar-refractivity contribution in [2.75, 3.05) is 19.4 Å². The molecule has 2 aromatic heterocycles. The van der Waals surface area contributed by atoms with Crippen LogP contribution in [0.4, 0.5) is 5.69 Å². The van der Waals surface area contributed by atoms with Gasteiger partial charge in [-0.1, -0.05) is 0 Å². The Balaban J connectivity index is 1.77. The van der Waals surface area contributed by atoms with Gasteiger partial charge >= 0.3 is 0 Å². The second-order valence-electron chi connectivity index (χ2n) is 5.14. The Hall–Kier alpha value is -1.66. The third kappa shape index (κ3) is 2.14. The lowest BCUT2D eigenvalue weighted by molar-refractivity contribution is -0.0679. The van der Waals surface area contributed by atoms with Gasteiger partial charge in [0.1, 0.15) is 4.88 Å². The first-order valence-electron chi connectivity index (χ1n) is 6.60. The van der Waals surface area contributed by atoms with Crippen molar-refractivity contribution in [1.29, 1.82) is 0 Å². The first-order valence-corrected chi connectivity index (χ1v) is 7.42. The van der Waals surface area contributed by atoms with Crippen molar-refractivity contribution in [3.8, 4) is 0 Å². The molecule has 6 heteroatoms. The van der Waals surface area contributed by atoms with Gasteiger partial charge in [0, 0.05) is 31.4 Å². The lowest BCUT2D eigenvalue weighted by atomic mass is 9.80. The predicted molar refractivity (Wildman–Crippen MR) is 80.0 cm³/mol. The zero-order valence-electron chi connectivity index (χ0n) is 11.3. The van der Waals surface area contributed by atoms with E-state index in [1.54, 1.807) is 19.5 Å². The Kier molecular flexibility index (Phi) is 3.35. The van der Waals surface area contributed by atoms with Crippen LogP contribution in [0.3, 0.4) is 0 Å². The molecule has 0 bridgehead atoms. The summed E-state index contributed by atoms with van der Waals surface area (Å²) in [6, 6.07) is 1.83. The zero-order chi connectivity index (χ0) is 14.2. The zero-order valence-corrected chi connectivity index (χ0v) is 12.1. The number of anilines is 1. The third-order valence-electron chi connectivity index (χ3n) is 4.01. The highest BCUT2D eigenvalue weighted by atomic mass is 32.1. The molecule has 0 aliphatic heterocycles. The maximum atomic E-state index is 12.3. The number of nitrogen functional groups attached to an aromatic ring is 1. The SMILES string of the molecule is COC1(CNC(=O)c2sc3cnccc3c2N)CCC1. The van der Waals surface area contributed by atoms with Crippen molar-refractivity contribution < 1.29 is 9.53 Å². The van der Waals surface area contributed by atoms with Gasteiger partial charge in [0.2, 0.25) is 0 Å². The standard InChI is InChI=1S/C14H17N3O2S/c1-19-14(4-2-5-14)8-17-13(18)12-11(15)9-3-6-16-7-10(9)20-12/h3,6-7H,2,4-5,8,15H2,1H3,(H,17,18). The molecule has 2 aromatic rings. The fourth-order valence-corrected chi connectivity index (χ4v) is 3.49. The van der Waals surface area contributed by atoms with E-state index in [1.807, 2.05) is 6.07 Å². The number of hydrogen-bond donors (Lipinski definition) is 2. The van der Waals surface area contributed by atoms with Crippen LogP contribution in [0.1, 0.15) is 28.9 Å². The largest absolute Gasteiger partial charge is 0.397 e. The molecule has 1 fully saturated rings. The third-order valence-corrected chi connectivity index (χ3v) is 5.16. The van der Waals surface area contributed by atoms with Crippen LogP contribution in [0.2, 0.25) is 0 Å². The van der Waals surface area contributed by atoms with Crippen LogP contribution in [0.5, 0.6) is 0 Å². The Labute approximate surface area is 121 Å². The van der Waals surface area contributed by atoms with Crippen molar-refractivity contribution >= 4 is 33.0 Å². The summed E-state index contributed by atoms with van der Waals surface area (Å²) in [5, 5.41) is 3.83. The molecule has 0 unspecified atom stereocenters. The summed E-state index contributed by atoms with van der Waals surface area (Å²) in [5.74, 6) is -0.132. The fourth-order valence-electron chi connectivity index (χ4n) is 2.49. The lowest BCUT2D eigenvalue weighted by Gasteiger charge is -2.40. The van der Waals surface area contributed by atoms with Gasteiger partial charge < -0.3 is 15.8 Å². The second kappa shape index (κ2) is 5.03. The van der Waals surface area contributed by atoms with Gasteiger partial charge in [0.25, 0.3) is 5.91 Å². The van der Waals surface area contributed by atoms with E-state index in [0.717, 1.165) is 29.3 Å². The Bertz CT molecular complexity index is 643. The van der Waals surface area contributed by atoms with E-state index in [9.17, 15) is 4.79 Å². The Morgan fingerprint density at radius 2 is 2.40 bits per heavy atom.